The number of nitrogens with zero attached hydrogens (tertiary/aromatic N) is 1. The molecule has 94 valence electrons. The average Bonchev–Trinajstić information content (AvgIpc) is 2.27. The first-order valence-corrected chi connectivity index (χ1v) is 6.08. The number of hydrogen-bond acceptors (Lipinski definition) is 3. The smallest absolute Gasteiger partial charge is 0.307 e. The van der Waals surface area contributed by atoms with E-state index in [1.165, 1.54) is 0 Å². The van der Waals surface area contributed by atoms with Crippen molar-refractivity contribution >= 4 is 5.97 Å². The van der Waals surface area contributed by atoms with E-state index in [2.05, 4.69) is 4.90 Å². The molecule has 1 unspecified atom stereocenters. The summed E-state index contributed by atoms with van der Waals surface area (Å²) < 4.78 is 5.31. The molecule has 0 aromatic heterocycles. The van der Waals surface area contributed by atoms with Crippen LogP contribution in [0.1, 0.15) is 26.2 Å². The third kappa shape index (κ3) is 4.94. The monoisotopic (exact) mass is 229 g/mol. The molecule has 4 nitrogen and oxygen atoms in total. The highest BCUT2D eigenvalue weighted by Crippen LogP contribution is 2.18. The summed E-state index contributed by atoms with van der Waals surface area (Å²) in [6.45, 7) is 5.16. The molecule has 0 aromatic rings. The van der Waals surface area contributed by atoms with Crippen molar-refractivity contribution in [3.05, 3.63) is 0 Å². The van der Waals surface area contributed by atoms with E-state index in [1.807, 2.05) is 7.05 Å². The average molecular weight is 229 g/mol. The number of carboxylic acid groups (broad SMARTS) is 1. The van der Waals surface area contributed by atoms with Gasteiger partial charge in [-0.25, -0.2) is 0 Å². The Morgan fingerprint density at radius 2 is 2.12 bits per heavy atom. The van der Waals surface area contributed by atoms with Crippen LogP contribution >= 0.6 is 0 Å². The van der Waals surface area contributed by atoms with Crippen LogP contribution < -0.4 is 0 Å². The minimum absolute atomic E-state index is 0.278. The number of carboxylic acids is 1. The third-order valence-electron chi connectivity index (χ3n) is 3.27. The van der Waals surface area contributed by atoms with Crippen LogP contribution in [0, 0.1) is 11.8 Å². The maximum atomic E-state index is 10.7. The first-order valence-electron chi connectivity index (χ1n) is 6.08. The molecule has 1 saturated heterocycles. The van der Waals surface area contributed by atoms with E-state index in [0.717, 1.165) is 44.9 Å². The molecule has 4 heteroatoms. The van der Waals surface area contributed by atoms with Gasteiger partial charge in [0.05, 0.1) is 5.92 Å². The van der Waals surface area contributed by atoms with Gasteiger partial charge in [0.2, 0.25) is 0 Å². The zero-order valence-electron chi connectivity index (χ0n) is 10.3. The van der Waals surface area contributed by atoms with Gasteiger partial charge in [-0.1, -0.05) is 6.92 Å². The van der Waals surface area contributed by atoms with Crippen LogP contribution in [0.3, 0.4) is 0 Å². The van der Waals surface area contributed by atoms with Crippen molar-refractivity contribution in [3.8, 4) is 0 Å². The van der Waals surface area contributed by atoms with E-state index in [4.69, 9.17) is 9.84 Å². The minimum Gasteiger partial charge on any atom is -0.481 e. The predicted octanol–water partition coefficient (Wildman–Crippen LogP) is 1.46. The molecule has 1 fully saturated rings. The highest BCUT2D eigenvalue weighted by molar-refractivity contribution is 5.69. The van der Waals surface area contributed by atoms with E-state index in [-0.39, 0.29) is 5.92 Å². The summed E-state index contributed by atoms with van der Waals surface area (Å²) in [6.07, 6.45) is 3.47. The standard InChI is InChI=1S/C12H23NO3/c1-10(12(14)15)9-13(2)6-3-11-4-7-16-8-5-11/h10-11H,3-9H2,1-2H3,(H,14,15). The summed E-state index contributed by atoms with van der Waals surface area (Å²) in [4.78, 5) is 12.8. The fourth-order valence-electron chi connectivity index (χ4n) is 2.07. The second-order valence-corrected chi connectivity index (χ2v) is 4.85. The second-order valence-electron chi connectivity index (χ2n) is 4.85. The molecule has 0 aromatic carbocycles. The summed E-state index contributed by atoms with van der Waals surface area (Å²) in [5.74, 6) is -0.228. The Kier molecular flexibility index (Phi) is 5.77. The molecule has 0 spiro atoms. The molecule has 1 aliphatic rings. The topological polar surface area (TPSA) is 49.8 Å². The summed E-state index contributed by atoms with van der Waals surface area (Å²) >= 11 is 0. The molecule has 1 heterocycles. The number of carbonyl (C=O) groups is 1. The highest BCUT2D eigenvalue weighted by Gasteiger charge is 2.16. The SMILES string of the molecule is CC(CN(C)CCC1CCOCC1)C(=O)O. The van der Waals surface area contributed by atoms with Crippen LogP contribution in [0.15, 0.2) is 0 Å². The van der Waals surface area contributed by atoms with Crippen molar-refractivity contribution < 1.29 is 14.6 Å². The van der Waals surface area contributed by atoms with E-state index in [1.54, 1.807) is 6.92 Å². The number of ether oxygens (including phenoxy) is 1. The van der Waals surface area contributed by atoms with E-state index < -0.39 is 5.97 Å². The van der Waals surface area contributed by atoms with Gasteiger partial charge in [-0.15, -0.1) is 0 Å². The van der Waals surface area contributed by atoms with Gasteiger partial charge >= 0.3 is 5.97 Å². The lowest BCUT2D eigenvalue weighted by Gasteiger charge is -2.25. The Balaban J connectivity index is 2.13. The van der Waals surface area contributed by atoms with Crippen molar-refractivity contribution in [2.75, 3.05) is 33.4 Å². The summed E-state index contributed by atoms with van der Waals surface area (Å²) in [5, 5.41) is 8.80. The molecule has 0 amide bonds. The van der Waals surface area contributed by atoms with Crippen molar-refractivity contribution in [2.24, 2.45) is 11.8 Å². The zero-order chi connectivity index (χ0) is 12.0. The molecule has 1 rings (SSSR count). The van der Waals surface area contributed by atoms with Crippen LogP contribution in [0.2, 0.25) is 0 Å². The first kappa shape index (κ1) is 13.5. The molecule has 1 N–H and O–H groups in total. The van der Waals surface area contributed by atoms with Crippen molar-refractivity contribution in [1.82, 2.24) is 4.90 Å². The summed E-state index contributed by atoms with van der Waals surface area (Å²) in [6, 6.07) is 0. The Morgan fingerprint density at radius 3 is 2.69 bits per heavy atom. The fraction of sp³-hybridized carbons (Fsp3) is 0.917. The normalized spacial score (nSPS) is 19.9. The van der Waals surface area contributed by atoms with Crippen LogP contribution in [0.5, 0.6) is 0 Å². The molecular formula is C12H23NO3. The van der Waals surface area contributed by atoms with Gasteiger partial charge in [-0.2, -0.15) is 0 Å². The summed E-state index contributed by atoms with van der Waals surface area (Å²) in [5.41, 5.74) is 0. The van der Waals surface area contributed by atoms with E-state index >= 15 is 0 Å². The molecule has 16 heavy (non-hydrogen) atoms. The summed E-state index contributed by atoms with van der Waals surface area (Å²) in [7, 11) is 2.00. The maximum absolute atomic E-state index is 10.7. The van der Waals surface area contributed by atoms with Crippen LogP contribution in [-0.2, 0) is 9.53 Å². The van der Waals surface area contributed by atoms with Crippen LogP contribution in [0.25, 0.3) is 0 Å². The molecule has 1 atom stereocenters. The lowest BCUT2D eigenvalue weighted by molar-refractivity contribution is -0.141. The Bertz CT molecular complexity index is 214. The van der Waals surface area contributed by atoms with Gasteiger partial charge in [0.15, 0.2) is 0 Å². The van der Waals surface area contributed by atoms with Crippen LogP contribution in [-0.4, -0.2) is 49.3 Å². The molecular weight excluding hydrogens is 206 g/mol. The Labute approximate surface area is 97.6 Å². The molecule has 0 saturated carbocycles. The van der Waals surface area contributed by atoms with E-state index in [0.29, 0.717) is 6.54 Å². The van der Waals surface area contributed by atoms with Gasteiger partial charge in [-0.3, -0.25) is 4.79 Å². The number of hydrogen-bond donors (Lipinski definition) is 1. The van der Waals surface area contributed by atoms with Gasteiger partial charge in [-0.05, 0) is 38.8 Å². The van der Waals surface area contributed by atoms with Crippen molar-refractivity contribution in [1.29, 1.82) is 0 Å². The fourth-order valence-corrected chi connectivity index (χ4v) is 2.07. The zero-order valence-corrected chi connectivity index (χ0v) is 10.3. The van der Waals surface area contributed by atoms with Crippen molar-refractivity contribution in [2.45, 2.75) is 26.2 Å². The van der Waals surface area contributed by atoms with Crippen LogP contribution in [0.4, 0.5) is 0 Å². The second kappa shape index (κ2) is 6.86. The molecule has 0 bridgehead atoms. The van der Waals surface area contributed by atoms with E-state index in [9.17, 15) is 4.79 Å². The van der Waals surface area contributed by atoms with Crippen molar-refractivity contribution in [3.63, 3.8) is 0 Å². The van der Waals surface area contributed by atoms with Gasteiger partial charge in [0, 0.05) is 19.8 Å². The first-order chi connectivity index (χ1) is 7.59. The Hall–Kier alpha value is -0.610. The van der Waals surface area contributed by atoms with Gasteiger partial charge in [0.25, 0.3) is 0 Å². The largest absolute Gasteiger partial charge is 0.481 e. The Morgan fingerprint density at radius 1 is 1.50 bits per heavy atom. The van der Waals surface area contributed by atoms with Gasteiger partial charge in [0.1, 0.15) is 0 Å². The molecule has 0 radical (unpaired) electrons. The quantitative estimate of drug-likeness (QED) is 0.749. The third-order valence-corrected chi connectivity index (χ3v) is 3.27. The molecule has 0 aliphatic carbocycles. The van der Waals surface area contributed by atoms with Gasteiger partial charge < -0.3 is 14.7 Å². The number of rotatable bonds is 6. The number of aliphatic carboxylic acids is 1. The maximum Gasteiger partial charge on any atom is 0.307 e. The minimum atomic E-state index is -0.710. The lowest BCUT2D eigenvalue weighted by atomic mass is 9.96. The lowest BCUT2D eigenvalue weighted by Crippen LogP contribution is -2.31. The molecule has 1 aliphatic heterocycles. The predicted molar refractivity (Wildman–Crippen MR) is 62.5 cm³/mol. The highest BCUT2D eigenvalue weighted by atomic mass is 16.5.